The van der Waals surface area contributed by atoms with Crippen molar-refractivity contribution in [3.63, 3.8) is 0 Å². The fraction of sp³-hybridized carbons (Fsp3) is 0.261. The quantitative estimate of drug-likeness (QED) is 0.311. The van der Waals surface area contributed by atoms with Crippen molar-refractivity contribution >= 4 is 33.5 Å². The second-order valence-electron chi connectivity index (χ2n) is 7.70. The van der Waals surface area contributed by atoms with Crippen molar-refractivity contribution in [3.05, 3.63) is 74.9 Å². The van der Waals surface area contributed by atoms with E-state index < -0.39 is 23.9 Å². The number of benzene rings is 2. The molecule has 174 valence electrons. The molecule has 0 spiro atoms. The van der Waals surface area contributed by atoms with Gasteiger partial charge in [0.05, 0.1) is 10.8 Å². The van der Waals surface area contributed by atoms with Gasteiger partial charge in [0.15, 0.2) is 5.69 Å². The SMILES string of the molecule is CCCCCn1nc(C(=O)NNC(=O)Cn2nnc3ccccc3c2=O)c2ccccc2c1=O. The number of hydrogen-bond donors (Lipinski definition) is 2. The number of unbranched alkanes of at least 4 members (excludes halogenated alkanes) is 2. The number of aryl methyl sites for hydroxylation is 1. The zero-order chi connectivity index (χ0) is 24.1. The van der Waals surface area contributed by atoms with Crippen molar-refractivity contribution in [3.8, 4) is 0 Å². The van der Waals surface area contributed by atoms with E-state index in [4.69, 9.17) is 0 Å². The number of amides is 2. The van der Waals surface area contributed by atoms with Gasteiger partial charge in [-0.05, 0) is 24.6 Å². The summed E-state index contributed by atoms with van der Waals surface area (Å²) in [6.45, 7) is 1.99. The zero-order valence-electron chi connectivity index (χ0n) is 18.5. The van der Waals surface area contributed by atoms with Crippen LogP contribution in [0.4, 0.5) is 0 Å². The number of fused-ring (bicyclic) bond motifs is 2. The fourth-order valence-corrected chi connectivity index (χ4v) is 3.55. The number of aromatic nitrogens is 5. The summed E-state index contributed by atoms with van der Waals surface area (Å²) in [6, 6.07) is 13.3. The Balaban J connectivity index is 1.51. The van der Waals surface area contributed by atoms with Gasteiger partial charge in [-0.2, -0.15) is 5.10 Å². The van der Waals surface area contributed by atoms with Crippen LogP contribution in [0.2, 0.25) is 0 Å². The van der Waals surface area contributed by atoms with Gasteiger partial charge in [0.1, 0.15) is 12.1 Å². The topological polar surface area (TPSA) is 141 Å². The van der Waals surface area contributed by atoms with Gasteiger partial charge in [0, 0.05) is 11.9 Å². The van der Waals surface area contributed by atoms with E-state index in [2.05, 4.69) is 33.2 Å². The minimum absolute atomic E-state index is 0.00895. The number of hydrogen-bond acceptors (Lipinski definition) is 7. The number of nitrogens with one attached hydrogen (secondary N) is 2. The van der Waals surface area contributed by atoms with E-state index in [0.717, 1.165) is 23.9 Å². The lowest BCUT2D eigenvalue weighted by molar-refractivity contribution is -0.122. The van der Waals surface area contributed by atoms with Crippen molar-refractivity contribution in [2.75, 3.05) is 0 Å². The number of hydrazine groups is 1. The van der Waals surface area contributed by atoms with E-state index >= 15 is 0 Å². The summed E-state index contributed by atoms with van der Waals surface area (Å²) >= 11 is 0. The van der Waals surface area contributed by atoms with Crippen molar-refractivity contribution in [2.24, 2.45) is 0 Å². The molecule has 2 heterocycles. The Morgan fingerprint density at radius 2 is 1.53 bits per heavy atom. The molecule has 0 radical (unpaired) electrons. The molecule has 0 saturated carbocycles. The summed E-state index contributed by atoms with van der Waals surface area (Å²) in [5, 5.41) is 13.0. The predicted octanol–water partition coefficient (Wildman–Crippen LogP) is 1.15. The van der Waals surface area contributed by atoms with Gasteiger partial charge < -0.3 is 0 Å². The Morgan fingerprint density at radius 1 is 0.853 bits per heavy atom. The molecular weight excluding hydrogens is 438 g/mol. The summed E-state index contributed by atoms with van der Waals surface area (Å²) < 4.78 is 2.18. The van der Waals surface area contributed by atoms with Crippen LogP contribution in [0.3, 0.4) is 0 Å². The van der Waals surface area contributed by atoms with E-state index in [1.54, 1.807) is 48.5 Å². The Morgan fingerprint density at radius 3 is 2.29 bits per heavy atom. The first kappa shape index (κ1) is 22.8. The highest BCUT2D eigenvalue weighted by molar-refractivity contribution is 6.05. The molecule has 0 atom stereocenters. The van der Waals surface area contributed by atoms with Gasteiger partial charge in [0.25, 0.3) is 22.9 Å². The summed E-state index contributed by atoms with van der Waals surface area (Å²) in [6.07, 6.45) is 2.66. The molecule has 2 amide bonds. The molecular formula is C23H23N7O4. The molecule has 0 aliphatic carbocycles. The molecule has 0 saturated heterocycles. The second-order valence-corrected chi connectivity index (χ2v) is 7.70. The van der Waals surface area contributed by atoms with E-state index in [1.807, 2.05) is 0 Å². The zero-order valence-corrected chi connectivity index (χ0v) is 18.5. The Kier molecular flexibility index (Phi) is 6.72. The highest BCUT2D eigenvalue weighted by Crippen LogP contribution is 2.13. The van der Waals surface area contributed by atoms with Crippen LogP contribution in [0.1, 0.15) is 36.7 Å². The van der Waals surface area contributed by atoms with E-state index in [-0.39, 0.29) is 11.3 Å². The Labute approximate surface area is 193 Å². The molecule has 34 heavy (non-hydrogen) atoms. The second kappa shape index (κ2) is 10.0. The van der Waals surface area contributed by atoms with Crippen molar-refractivity contribution in [1.82, 2.24) is 35.6 Å². The number of carbonyl (C=O) groups excluding carboxylic acids is 2. The van der Waals surface area contributed by atoms with Crippen LogP contribution in [0.5, 0.6) is 0 Å². The molecule has 0 fully saturated rings. The molecule has 4 aromatic rings. The molecule has 0 aliphatic heterocycles. The van der Waals surface area contributed by atoms with Crippen molar-refractivity contribution in [2.45, 2.75) is 39.3 Å². The number of nitrogens with zero attached hydrogens (tertiary/aromatic N) is 5. The van der Waals surface area contributed by atoms with E-state index in [9.17, 15) is 19.2 Å². The average Bonchev–Trinajstić information content (AvgIpc) is 2.86. The van der Waals surface area contributed by atoms with Crippen LogP contribution in [0.15, 0.2) is 58.1 Å². The first-order valence-electron chi connectivity index (χ1n) is 10.9. The maximum absolute atomic E-state index is 12.9. The van der Waals surface area contributed by atoms with Crippen LogP contribution in [-0.4, -0.2) is 36.6 Å². The smallest absolute Gasteiger partial charge is 0.271 e. The predicted molar refractivity (Wildman–Crippen MR) is 125 cm³/mol. The molecule has 2 N–H and O–H groups in total. The van der Waals surface area contributed by atoms with Crippen LogP contribution >= 0.6 is 0 Å². The summed E-state index contributed by atoms with van der Waals surface area (Å²) in [5.41, 5.74) is 4.24. The summed E-state index contributed by atoms with van der Waals surface area (Å²) in [5.74, 6) is -1.37. The molecule has 11 heteroatoms. The molecule has 0 unspecified atom stereocenters. The number of rotatable bonds is 7. The molecule has 2 aromatic heterocycles. The van der Waals surface area contributed by atoms with Gasteiger partial charge in [-0.25, -0.2) is 9.36 Å². The molecule has 4 rings (SSSR count). The maximum atomic E-state index is 12.9. The van der Waals surface area contributed by atoms with E-state index in [0.29, 0.717) is 28.2 Å². The largest absolute Gasteiger partial charge is 0.290 e. The minimum Gasteiger partial charge on any atom is -0.271 e. The molecule has 0 bridgehead atoms. The van der Waals surface area contributed by atoms with Crippen LogP contribution in [0.25, 0.3) is 21.7 Å². The van der Waals surface area contributed by atoms with Crippen LogP contribution < -0.4 is 22.0 Å². The normalized spacial score (nSPS) is 11.0. The minimum atomic E-state index is -0.689. The molecule has 2 aromatic carbocycles. The first-order valence-corrected chi connectivity index (χ1v) is 10.9. The third kappa shape index (κ3) is 4.68. The lowest BCUT2D eigenvalue weighted by Gasteiger charge is -2.12. The first-order chi connectivity index (χ1) is 16.5. The van der Waals surface area contributed by atoms with Gasteiger partial charge in [-0.15, -0.1) is 5.10 Å². The van der Waals surface area contributed by atoms with E-state index in [1.165, 1.54) is 4.68 Å². The van der Waals surface area contributed by atoms with Gasteiger partial charge in [-0.1, -0.05) is 55.3 Å². The monoisotopic (exact) mass is 461 g/mol. The summed E-state index contributed by atoms with van der Waals surface area (Å²) in [7, 11) is 0. The molecule has 11 nitrogen and oxygen atoms in total. The fourth-order valence-electron chi connectivity index (χ4n) is 3.55. The maximum Gasteiger partial charge on any atom is 0.290 e. The standard InChI is InChI=1S/C23H23N7O4/c1-2-3-8-13-29-22(33)16-10-5-4-9-15(16)20(27-29)21(32)26-25-19(31)14-30-23(34)17-11-6-7-12-18(17)24-28-30/h4-7,9-12H,2-3,8,13-14H2,1H3,(H,25,31)(H,26,32). The van der Waals surface area contributed by atoms with Crippen LogP contribution in [-0.2, 0) is 17.9 Å². The average molecular weight is 461 g/mol. The lowest BCUT2D eigenvalue weighted by Crippen LogP contribution is -2.45. The molecule has 0 aliphatic rings. The highest BCUT2D eigenvalue weighted by atomic mass is 16.2. The highest BCUT2D eigenvalue weighted by Gasteiger charge is 2.18. The third-order valence-corrected chi connectivity index (χ3v) is 5.29. The summed E-state index contributed by atoms with van der Waals surface area (Å²) in [4.78, 5) is 50.5. The lowest BCUT2D eigenvalue weighted by atomic mass is 10.1. The van der Waals surface area contributed by atoms with Gasteiger partial charge in [0.2, 0.25) is 0 Å². The Bertz CT molecular complexity index is 1490. The third-order valence-electron chi connectivity index (χ3n) is 5.29. The number of carbonyl (C=O) groups is 2. The van der Waals surface area contributed by atoms with Gasteiger partial charge in [-0.3, -0.25) is 30.0 Å². The van der Waals surface area contributed by atoms with Gasteiger partial charge >= 0.3 is 0 Å². The van der Waals surface area contributed by atoms with Crippen molar-refractivity contribution < 1.29 is 9.59 Å². The Hall–Kier alpha value is -4.41. The van der Waals surface area contributed by atoms with Crippen LogP contribution in [0, 0.1) is 0 Å². The van der Waals surface area contributed by atoms with Crippen molar-refractivity contribution in [1.29, 1.82) is 0 Å².